The summed E-state index contributed by atoms with van der Waals surface area (Å²) in [7, 11) is 8.55. The summed E-state index contributed by atoms with van der Waals surface area (Å²) < 4.78 is 11.7. The number of nitrogens with zero attached hydrogens (tertiary/aromatic N) is 3. The molecule has 0 bridgehead atoms. The lowest BCUT2D eigenvalue weighted by molar-refractivity contribution is -0.144. The van der Waals surface area contributed by atoms with Crippen LogP contribution in [0.25, 0.3) is 0 Å². The lowest BCUT2D eigenvalue weighted by Crippen LogP contribution is -2.53. The molecule has 11 heteroatoms. The van der Waals surface area contributed by atoms with Gasteiger partial charge in [0.15, 0.2) is 0 Å². The number of benzene rings is 1. The van der Waals surface area contributed by atoms with E-state index in [0.717, 1.165) is 31.2 Å². The number of hydrogen-bond acceptors (Lipinski definition) is 7. The smallest absolute Gasteiger partial charge is 0.242 e. The van der Waals surface area contributed by atoms with E-state index in [1.54, 1.807) is 26.2 Å². The van der Waals surface area contributed by atoms with Crippen LogP contribution in [0.4, 0.5) is 0 Å². The van der Waals surface area contributed by atoms with E-state index in [-0.39, 0.29) is 60.6 Å². The Morgan fingerprint density at radius 2 is 1.65 bits per heavy atom. The number of carbonyl (C=O) groups is 4. The molecule has 1 aliphatic heterocycles. The van der Waals surface area contributed by atoms with E-state index in [1.165, 1.54) is 0 Å². The van der Waals surface area contributed by atoms with Crippen LogP contribution in [0.1, 0.15) is 65.4 Å². The molecule has 6 atom stereocenters. The number of carbonyl (C=O) groups excluding carboxylic acids is 4. The van der Waals surface area contributed by atoms with Gasteiger partial charge in [-0.3, -0.25) is 24.1 Å². The van der Waals surface area contributed by atoms with Crippen molar-refractivity contribution in [1.29, 1.82) is 0 Å². The van der Waals surface area contributed by atoms with Gasteiger partial charge in [0.05, 0.1) is 49.2 Å². The number of likely N-dealkylation sites (N-methyl/N-ethyl adjacent to an activating group) is 2. The van der Waals surface area contributed by atoms with Gasteiger partial charge in [0, 0.05) is 34.4 Å². The van der Waals surface area contributed by atoms with E-state index < -0.39 is 18.1 Å². The molecule has 11 nitrogen and oxygen atoms in total. The molecule has 0 radical (unpaired) electrons. The maximum absolute atomic E-state index is 13.8. The summed E-state index contributed by atoms with van der Waals surface area (Å²) in [5, 5.41) is 5.83. The summed E-state index contributed by atoms with van der Waals surface area (Å²) in [4.78, 5) is 58.3. The average molecular weight is 646 g/mol. The molecule has 2 rings (SSSR count). The number of hydrogen-bond donors (Lipinski definition) is 2. The molecule has 0 aliphatic carbocycles. The monoisotopic (exact) mass is 645 g/mol. The fraction of sp³-hybridized carbons (Fsp3) is 0.714. The predicted octanol–water partition coefficient (Wildman–Crippen LogP) is 2.72. The van der Waals surface area contributed by atoms with Gasteiger partial charge in [0.2, 0.25) is 23.6 Å². The number of likely N-dealkylation sites (tertiary alicyclic amines) is 1. The van der Waals surface area contributed by atoms with Crippen molar-refractivity contribution < 1.29 is 28.7 Å². The molecule has 0 spiro atoms. The summed E-state index contributed by atoms with van der Waals surface area (Å²) in [6.45, 7) is 8.78. The van der Waals surface area contributed by atoms with Crippen molar-refractivity contribution >= 4 is 23.6 Å². The molecule has 0 aromatic heterocycles. The van der Waals surface area contributed by atoms with Crippen molar-refractivity contribution in [2.75, 3.05) is 55.0 Å². The van der Waals surface area contributed by atoms with Gasteiger partial charge in [-0.1, -0.05) is 64.4 Å². The molecule has 1 aromatic carbocycles. The fourth-order valence-corrected chi connectivity index (χ4v) is 6.72. The minimum atomic E-state index is -0.539. The Balaban J connectivity index is 2.05. The molecule has 2 N–H and O–H groups in total. The van der Waals surface area contributed by atoms with Gasteiger partial charge in [0.25, 0.3) is 0 Å². The molecule has 1 aliphatic rings. The molecule has 4 amide bonds. The maximum Gasteiger partial charge on any atom is 0.242 e. The van der Waals surface area contributed by atoms with Gasteiger partial charge in [-0.15, -0.1) is 0 Å². The van der Waals surface area contributed by atoms with Gasteiger partial charge in [-0.25, -0.2) is 0 Å². The van der Waals surface area contributed by atoms with E-state index in [4.69, 9.17) is 9.47 Å². The lowest BCUT2D eigenvalue weighted by atomic mass is 9.94. The van der Waals surface area contributed by atoms with Crippen LogP contribution < -0.4 is 10.6 Å². The van der Waals surface area contributed by atoms with Gasteiger partial charge in [0.1, 0.15) is 0 Å². The molecule has 1 saturated heterocycles. The highest BCUT2D eigenvalue weighted by Crippen LogP contribution is 2.28. The van der Waals surface area contributed by atoms with Crippen molar-refractivity contribution in [3.05, 3.63) is 35.9 Å². The van der Waals surface area contributed by atoms with Crippen molar-refractivity contribution in [3.8, 4) is 0 Å². The molecule has 46 heavy (non-hydrogen) atoms. The average Bonchev–Trinajstić information content (AvgIpc) is 3.51. The predicted molar refractivity (Wildman–Crippen MR) is 180 cm³/mol. The van der Waals surface area contributed by atoms with Crippen LogP contribution in [0.15, 0.2) is 30.3 Å². The Kier molecular flexibility index (Phi) is 16.7. The standard InChI is InChI=1S/C35H59N5O6/c1-10-15-27(39(7)31(42)23-37-35(44)32(24(2)3)38(5)6)29(45-8)22-30(41)40-21-14-18-28(40)33(46-9)25(4)34(43)36-20-19-26-16-12-11-13-17-26/h11-13,16-17,24-25,27-29,32-33H,10,14-15,18-23H2,1-9H3,(H,36,43)(H,37,44)/t25?,27?,28-,29?,32?,33?/m0/s1. The third-order valence-electron chi connectivity index (χ3n) is 9.19. The van der Waals surface area contributed by atoms with Crippen LogP contribution >= 0.6 is 0 Å². The molecule has 1 aromatic rings. The first kappa shape index (κ1) is 39.2. The zero-order valence-corrected chi connectivity index (χ0v) is 29.6. The fourth-order valence-electron chi connectivity index (χ4n) is 6.72. The number of ether oxygens (including phenoxy) is 2. The number of nitrogens with one attached hydrogen (secondary N) is 2. The third-order valence-corrected chi connectivity index (χ3v) is 9.19. The van der Waals surface area contributed by atoms with Crippen molar-refractivity contribution in [2.45, 2.75) is 96.6 Å². The van der Waals surface area contributed by atoms with Crippen LogP contribution in [-0.4, -0.2) is 124 Å². The van der Waals surface area contributed by atoms with E-state index in [2.05, 4.69) is 10.6 Å². The first-order valence-electron chi connectivity index (χ1n) is 16.7. The van der Waals surface area contributed by atoms with E-state index >= 15 is 0 Å². The van der Waals surface area contributed by atoms with Gasteiger partial charge >= 0.3 is 0 Å². The molecule has 260 valence electrons. The third kappa shape index (κ3) is 11.1. The maximum atomic E-state index is 13.8. The Morgan fingerprint density at radius 3 is 2.22 bits per heavy atom. The van der Waals surface area contributed by atoms with Crippen LogP contribution in [0, 0.1) is 11.8 Å². The molecular weight excluding hydrogens is 586 g/mol. The van der Waals surface area contributed by atoms with E-state index in [1.807, 2.05) is 81.9 Å². The largest absolute Gasteiger partial charge is 0.379 e. The zero-order chi connectivity index (χ0) is 34.4. The topological polar surface area (TPSA) is 121 Å². The van der Waals surface area contributed by atoms with E-state index in [9.17, 15) is 19.2 Å². The highest BCUT2D eigenvalue weighted by Gasteiger charge is 2.41. The van der Waals surface area contributed by atoms with Crippen LogP contribution in [-0.2, 0) is 35.1 Å². The molecule has 1 heterocycles. The Morgan fingerprint density at radius 1 is 0.978 bits per heavy atom. The molecule has 5 unspecified atom stereocenters. The quantitative estimate of drug-likeness (QED) is 0.238. The molecular formula is C35H59N5O6. The second-order valence-corrected chi connectivity index (χ2v) is 13.0. The summed E-state index contributed by atoms with van der Waals surface area (Å²) in [5.41, 5.74) is 1.15. The summed E-state index contributed by atoms with van der Waals surface area (Å²) in [5.74, 6) is -0.991. The number of amides is 4. The zero-order valence-electron chi connectivity index (χ0n) is 29.6. The Bertz CT molecular complexity index is 1090. The first-order valence-corrected chi connectivity index (χ1v) is 16.7. The minimum Gasteiger partial charge on any atom is -0.379 e. The lowest BCUT2D eigenvalue weighted by Gasteiger charge is -2.37. The Labute approximate surface area is 276 Å². The highest BCUT2D eigenvalue weighted by molar-refractivity contribution is 5.87. The van der Waals surface area contributed by atoms with Gasteiger partial charge in [-0.2, -0.15) is 0 Å². The summed E-state index contributed by atoms with van der Waals surface area (Å²) in [6, 6.07) is 9.06. The summed E-state index contributed by atoms with van der Waals surface area (Å²) >= 11 is 0. The van der Waals surface area contributed by atoms with Crippen molar-refractivity contribution in [1.82, 2.24) is 25.3 Å². The Hall–Kier alpha value is -3.02. The second kappa shape index (κ2) is 19.6. The highest BCUT2D eigenvalue weighted by atomic mass is 16.5. The second-order valence-electron chi connectivity index (χ2n) is 13.0. The minimum absolute atomic E-state index is 0.0867. The van der Waals surface area contributed by atoms with Crippen molar-refractivity contribution in [2.24, 2.45) is 11.8 Å². The van der Waals surface area contributed by atoms with Crippen LogP contribution in [0.3, 0.4) is 0 Å². The van der Waals surface area contributed by atoms with Gasteiger partial charge in [-0.05, 0) is 51.3 Å². The van der Waals surface area contributed by atoms with Crippen LogP contribution in [0.5, 0.6) is 0 Å². The summed E-state index contributed by atoms with van der Waals surface area (Å²) in [6.07, 6.45) is 2.81. The number of methoxy groups -OCH3 is 2. The van der Waals surface area contributed by atoms with Crippen LogP contribution in [0.2, 0.25) is 0 Å². The normalized spacial score (nSPS) is 18.2. The number of rotatable bonds is 19. The molecule has 1 fully saturated rings. The van der Waals surface area contributed by atoms with Crippen molar-refractivity contribution in [3.63, 3.8) is 0 Å². The van der Waals surface area contributed by atoms with E-state index in [0.29, 0.717) is 19.5 Å². The first-order chi connectivity index (χ1) is 21.9. The molecule has 0 saturated carbocycles. The SMILES string of the molecule is CCCC(C(CC(=O)N1CCC[C@H]1C(OC)C(C)C(=O)NCCc1ccccc1)OC)N(C)C(=O)CNC(=O)C(C(C)C)N(C)C. The van der Waals surface area contributed by atoms with Gasteiger partial charge < -0.3 is 29.9 Å².